The maximum atomic E-state index is 12.5. The van der Waals surface area contributed by atoms with Crippen LogP contribution in [0.15, 0.2) is 35.7 Å². The Morgan fingerprint density at radius 2 is 1.90 bits per heavy atom. The van der Waals surface area contributed by atoms with Gasteiger partial charge in [0.15, 0.2) is 0 Å². The molecule has 2 rings (SSSR count). The Hall–Kier alpha value is -0.640. The zero-order chi connectivity index (χ0) is 14.8. The molecule has 0 aliphatic heterocycles. The SMILES string of the molecule is NNC(Cc1ccc(C(F)(F)F)cc1)c1csc(I)c1. The molecule has 20 heavy (non-hydrogen) atoms. The van der Waals surface area contributed by atoms with Crippen LogP contribution in [0.1, 0.15) is 22.7 Å². The lowest BCUT2D eigenvalue weighted by Crippen LogP contribution is -2.29. The molecule has 0 fully saturated rings. The standard InChI is InChI=1S/C13H12F3IN2S/c14-13(15,16)10-3-1-8(2-4-10)5-11(19-18)9-6-12(17)20-7-9/h1-4,6-7,11,19H,5,18H2. The smallest absolute Gasteiger partial charge is 0.271 e. The largest absolute Gasteiger partial charge is 0.416 e. The van der Waals surface area contributed by atoms with Crippen molar-refractivity contribution in [2.75, 3.05) is 0 Å². The van der Waals surface area contributed by atoms with E-state index in [2.05, 4.69) is 28.0 Å². The first-order chi connectivity index (χ1) is 9.40. The molecule has 1 heterocycles. The Balaban J connectivity index is 2.12. The highest BCUT2D eigenvalue weighted by atomic mass is 127. The van der Waals surface area contributed by atoms with Crippen molar-refractivity contribution in [1.29, 1.82) is 0 Å². The van der Waals surface area contributed by atoms with Gasteiger partial charge < -0.3 is 0 Å². The maximum absolute atomic E-state index is 12.5. The lowest BCUT2D eigenvalue weighted by Gasteiger charge is -2.15. The van der Waals surface area contributed by atoms with Crippen molar-refractivity contribution in [3.8, 4) is 0 Å². The molecule has 3 N–H and O–H groups in total. The molecule has 0 radical (unpaired) electrons. The van der Waals surface area contributed by atoms with Crippen LogP contribution in [0.3, 0.4) is 0 Å². The van der Waals surface area contributed by atoms with Crippen molar-refractivity contribution >= 4 is 33.9 Å². The first-order valence-corrected chi connectivity index (χ1v) is 7.72. The average molecular weight is 412 g/mol. The lowest BCUT2D eigenvalue weighted by atomic mass is 10.0. The highest BCUT2D eigenvalue weighted by Crippen LogP contribution is 2.30. The minimum Gasteiger partial charge on any atom is -0.271 e. The van der Waals surface area contributed by atoms with Crippen molar-refractivity contribution in [2.45, 2.75) is 18.6 Å². The van der Waals surface area contributed by atoms with E-state index in [1.165, 1.54) is 12.1 Å². The molecule has 0 saturated heterocycles. The Labute approximate surface area is 132 Å². The van der Waals surface area contributed by atoms with Crippen molar-refractivity contribution in [1.82, 2.24) is 5.43 Å². The van der Waals surface area contributed by atoms with E-state index in [4.69, 9.17) is 5.84 Å². The van der Waals surface area contributed by atoms with E-state index in [1.807, 2.05) is 11.4 Å². The van der Waals surface area contributed by atoms with Crippen molar-refractivity contribution in [3.05, 3.63) is 55.3 Å². The third-order valence-corrected chi connectivity index (χ3v) is 4.72. The molecule has 1 unspecified atom stereocenters. The van der Waals surface area contributed by atoms with Gasteiger partial charge in [-0.3, -0.25) is 11.3 Å². The number of hydrogen-bond donors (Lipinski definition) is 2. The summed E-state index contributed by atoms with van der Waals surface area (Å²) in [6, 6.07) is 7.08. The third kappa shape index (κ3) is 3.94. The predicted molar refractivity (Wildman–Crippen MR) is 82.2 cm³/mol. The fourth-order valence-corrected chi connectivity index (χ4v) is 3.27. The first-order valence-electron chi connectivity index (χ1n) is 5.76. The fraction of sp³-hybridized carbons (Fsp3) is 0.231. The number of thiophene rings is 1. The topological polar surface area (TPSA) is 38.0 Å². The summed E-state index contributed by atoms with van der Waals surface area (Å²) in [5.74, 6) is 5.53. The number of rotatable bonds is 4. The normalized spacial score (nSPS) is 13.4. The van der Waals surface area contributed by atoms with Crippen molar-refractivity contribution < 1.29 is 13.2 Å². The second-order valence-electron chi connectivity index (χ2n) is 4.30. The van der Waals surface area contributed by atoms with Gasteiger partial charge in [-0.2, -0.15) is 13.2 Å². The summed E-state index contributed by atoms with van der Waals surface area (Å²) in [7, 11) is 0. The quantitative estimate of drug-likeness (QED) is 0.451. The van der Waals surface area contributed by atoms with Gasteiger partial charge in [-0.05, 0) is 63.7 Å². The number of halogens is 4. The molecule has 1 aromatic heterocycles. The van der Waals surface area contributed by atoms with E-state index in [0.29, 0.717) is 6.42 Å². The molecule has 0 aliphatic rings. The van der Waals surface area contributed by atoms with E-state index in [0.717, 1.165) is 26.1 Å². The van der Waals surface area contributed by atoms with Crippen LogP contribution in [0, 0.1) is 2.88 Å². The summed E-state index contributed by atoms with van der Waals surface area (Å²) >= 11 is 3.83. The highest BCUT2D eigenvalue weighted by molar-refractivity contribution is 14.1. The third-order valence-electron chi connectivity index (χ3n) is 2.91. The Kier molecular flexibility index (Phi) is 5.05. The van der Waals surface area contributed by atoms with Gasteiger partial charge in [0.25, 0.3) is 0 Å². The van der Waals surface area contributed by atoms with Gasteiger partial charge in [0.05, 0.1) is 14.5 Å². The summed E-state index contributed by atoms with van der Waals surface area (Å²) < 4.78 is 38.6. The van der Waals surface area contributed by atoms with Gasteiger partial charge in [-0.1, -0.05) is 12.1 Å². The highest BCUT2D eigenvalue weighted by Gasteiger charge is 2.30. The monoisotopic (exact) mass is 412 g/mol. The second kappa shape index (κ2) is 6.42. The number of alkyl halides is 3. The van der Waals surface area contributed by atoms with E-state index < -0.39 is 11.7 Å². The van der Waals surface area contributed by atoms with Gasteiger partial charge in [0, 0.05) is 0 Å². The second-order valence-corrected chi connectivity index (χ2v) is 7.11. The zero-order valence-electron chi connectivity index (χ0n) is 10.2. The van der Waals surface area contributed by atoms with E-state index in [1.54, 1.807) is 11.3 Å². The van der Waals surface area contributed by atoms with Crippen LogP contribution in [0.5, 0.6) is 0 Å². The molecule has 0 aliphatic carbocycles. The molecule has 0 amide bonds. The van der Waals surface area contributed by atoms with E-state index in [9.17, 15) is 13.2 Å². The van der Waals surface area contributed by atoms with E-state index in [-0.39, 0.29) is 6.04 Å². The first kappa shape index (κ1) is 15.7. The van der Waals surface area contributed by atoms with Crippen LogP contribution < -0.4 is 11.3 Å². The van der Waals surface area contributed by atoms with Crippen LogP contribution in [-0.2, 0) is 12.6 Å². The molecule has 0 saturated carbocycles. The Morgan fingerprint density at radius 3 is 2.35 bits per heavy atom. The van der Waals surface area contributed by atoms with Crippen LogP contribution in [0.4, 0.5) is 13.2 Å². The van der Waals surface area contributed by atoms with Gasteiger partial charge in [-0.15, -0.1) is 11.3 Å². The molecule has 7 heteroatoms. The summed E-state index contributed by atoms with van der Waals surface area (Å²) in [4.78, 5) is 0. The fourth-order valence-electron chi connectivity index (χ4n) is 1.84. The number of nitrogens with one attached hydrogen (secondary N) is 1. The number of hydrazine groups is 1. The minimum absolute atomic E-state index is 0.105. The van der Waals surface area contributed by atoms with Crippen molar-refractivity contribution in [3.63, 3.8) is 0 Å². The van der Waals surface area contributed by atoms with Gasteiger partial charge in [0.2, 0.25) is 0 Å². The number of nitrogens with two attached hydrogens (primary N) is 1. The molecule has 0 bridgehead atoms. The van der Waals surface area contributed by atoms with Crippen LogP contribution in [0.25, 0.3) is 0 Å². The molecule has 0 spiro atoms. The van der Waals surface area contributed by atoms with Crippen molar-refractivity contribution in [2.24, 2.45) is 5.84 Å². The maximum Gasteiger partial charge on any atom is 0.416 e. The number of hydrogen-bond acceptors (Lipinski definition) is 3. The van der Waals surface area contributed by atoms with Crippen LogP contribution >= 0.6 is 33.9 Å². The summed E-state index contributed by atoms with van der Waals surface area (Å²) in [5, 5.41) is 2.00. The molecular formula is C13H12F3IN2S. The van der Waals surface area contributed by atoms with Crippen LogP contribution in [-0.4, -0.2) is 0 Å². The Bertz CT molecular complexity index is 566. The zero-order valence-corrected chi connectivity index (χ0v) is 13.2. The molecule has 108 valence electrons. The predicted octanol–water partition coefficient (Wildman–Crippen LogP) is 4.12. The van der Waals surface area contributed by atoms with Crippen LogP contribution in [0.2, 0.25) is 0 Å². The summed E-state index contributed by atoms with van der Waals surface area (Å²) in [6.45, 7) is 0. The molecule has 1 aromatic carbocycles. The molecular weight excluding hydrogens is 400 g/mol. The van der Waals surface area contributed by atoms with Gasteiger partial charge in [-0.25, -0.2) is 0 Å². The summed E-state index contributed by atoms with van der Waals surface area (Å²) in [5.41, 5.74) is 3.92. The number of benzene rings is 1. The molecule has 1 atom stereocenters. The average Bonchev–Trinajstić information content (AvgIpc) is 2.82. The lowest BCUT2D eigenvalue weighted by molar-refractivity contribution is -0.137. The van der Waals surface area contributed by atoms with Gasteiger partial charge in [0.1, 0.15) is 0 Å². The van der Waals surface area contributed by atoms with E-state index >= 15 is 0 Å². The van der Waals surface area contributed by atoms with Gasteiger partial charge >= 0.3 is 6.18 Å². The minimum atomic E-state index is -4.30. The molecule has 2 nitrogen and oxygen atoms in total. The molecule has 2 aromatic rings. The summed E-state index contributed by atoms with van der Waals surface area (Å²) in [6.07, 6.45) is -3.75. The Morgan fingerprint density at radius 1 is 1.25 bits per heavy atom.